The van der Waals surface area contributed by atoms with Gasteiger partial charge in [-0.05, 0) is 54.7 Å². The third kappa shape index (κ3) is 4.43. The highest BCUT2D eigenvalue weighted by atomic mass is 19.2. The second-order valence-electron chi connectivity index (χ2n) is 5.53. The molecule has 0 nitrogen and oxygen atoms in total. The second-order valence-corrected chi connectivity index (χ2v) is 5.53. The molecule has 0 saturated heterocycles. The Morgan fingerprint density at radius 1 is 0.792 bits per heavy atom. The summed E-state index contributed by atoms with van der Waals surface area (Å²) in [5, 5.41) is 0. The zero-order valence-electron chi connectivity index (χ0n) is 13.2. The predicted molar refractivity (Wildman–Crippen MR) is 84.0 cm³/mol. The standard InChI is InChI=1S/C19H17F5/c1-2-3-4-5-12-8-15(20)14(16(21)9-12)7-6-13-10-17(22)19(24)18(23)11-13/h4-5,8-11H,2-3,6-7H2,1H3. The molecule has 128 valence electrons. The van der Waals surface area contributed by atoms with Crippen molar-refractivity contribution in [2.75, 3.05) is 0 Å². The molecule has 0 bridgehead atoms. The first-order valence-corrected chi connectivity index (χ1v) is 7.70. The molecule has 24 heavy (non-hydrogen) atoms. The average molecular weight is 340 g/mol. The molecule has 0 radical (unpaired) electrons. The largest absolute Gasteiger partial charge is 0.207 e. The fraction of sp³-hybridized carbons (Fsp3) is 0.263. The van der Waals surface area contributed by atoms with Gasteiger partial charge < -0.3 is 0 Å². The minimum Gasteiger partial charge on any atom is -0.207 e. The van der Waals surface area contributed by atoms with Gasteiger partial charge in [0.1, 0.15) is 11.6 Å². The molecule has 0 aromatic heterocycles. The molecule has 0 saturated carbocycles. The molecule has 0 unspecified atom stereocenters. The number of hydrogen-bond acceptors (Lipinski definition) is 0. The van der Waals surface area contributed by atoms with Crippen molar-refractivity contribution in [1.82, 2.24) is 0 Å². The van der Waals surface area contributed by atoms with E-state index >= 15 is 0 Å². The topological polar surface area (TPSA) is 0 Å². The van der Waals surface area contributed by atoms with Crippen LogP contribution in [-0.4, -0.2) is 0 Å². The van der Waals surface area contributed by atoms with Crippen molar-refractivity contribution in [2.45, 2.75) is 32.6 Å². The van der Waals surface area contributed by atoms with Crippen molar-refractivity contribution in [2.24, 2.45) is 0 Å². The lowest BCUT2D eigenvalue weighted by Gasteiger charge is -2.08. The lowest BCUT2D eigenvalue weighted by atomic mass is 10.0. The summed E-state index contributed by atoms with van der Waals surface area (Å²) in [6.45, 7) is 2.00. The van der Waals surface area contributed by atoms with E-state index in [2.05, 4.69) is 0 Å². The van der Waals surface area contributed by atoms with Crippen molar-refractivity contribution < 1.29 is 22.0 Å². The highest BCUT2D eigenvalue weighted by Gasteiger charge is 2.13. The van der Waals surface area contributed by atoms with Gasteiger partial charge in [0.05, 0.1) is 0 Å². The molecule has 2 aromatic carbocycles. The van der Waals surface area contributed by atoms with Crippen molar-refractivity contribution >= 4 is 6.08 Å². The monoisotopic (exact) mass is 340 g/mol. The van der Waals surface area contributed by atoms with Crippen LogP contribution in [0.1, 0.15) is 36.5 Å². The predicted octanol–water partition coefficient (Wildman–Crippen LogP) is 5.98. The van der Waals surface area contributed by atoms with Gasteiger partial charge in [-0.15, -0.1) is 0 Å². The molecule has 0 aliphatic heterocycles. The minimum absolute atomic E-state index is 0.00696. The molecule has 0 aliphatic rings. The van der Waals surface area contributed by atoms with E-state index in [1.54, 1.807) is 6.08 Å². The average Bonchev–Trinajstić information content (AvgIpc) is 2.52. The molecule has 0 N–H and O–H groups in total. The maximum absolute atomic E-state index is 14.1. The molecule has 2 aromatic rings. The fourth-order valence-electron chi connectivity index (χ4n) is 2.37. The lowest BCUT2D eigenvalue weighted by molar-refractivity contribution is 0.445. The zero-order valence-corrected chi connectivity index (χ0v) is 13.2. The molecule has 0 aliphatic carbocycles. The molecular weight excluding hydrogens is 323 g/mol. The van der Waals surface area contributed by atoms with Crippen LogP contribution in [-0.2, 0) is 12.8 Å². The first-order valence-electron chi connectivity index (χ1n) is 7.70. The van der Waals surface area contributed by atoms with E-state index in [4.69, 9.17) is 0 Å². The van der Waals surface area contributed by atoms with Crippen LogP contribution >= 0.6 is 0 Å². The van der Waals surface area contributed by atoms with Gasteiger partial charge in [-0.2, -0.15) is 0 Å². The normalized spacial score (nSPS) is 11.4. The highest BCUT2D eigenvalue weighted by Crippen LogP contribution is 2.20. The molecule has 0 spiro atoms. The molecule has 5 heteroatoms. The summed E-state index contributed by atoms with van der Waals surface area (Å²) >= 11 is 0. The Balaban J connectivity index is 2.15. The summed E-state index contributed by atoms with van der Waals surface area (Å²) in [4.78, 5) is 0. The van der Waals surface area contributed by atoms with Crippen LogP contribution in [0.2, 0.25) is 0 Å². The van der Waals surface area contributed by atoms with Gasteiger partial charge in [0.2, 0.25) is 0 Å². The van der Waals surface area contributed by atoms with Crippen LogP contribution < -0.4 is 0 Å². The Kier molecular flexibility index (Phi) is 6.12. The van der Waals surface area contributed by atoms with Gasteiger partial charge in [-0.25, -0.2) is 22.0 Å². The van der Waals surface area contributed by atoms with Crippen molar-refractivity contribution in [1.29, 1.82) is 0 Å². The van der Waals surface area contributed by atoms with E-state index in [0.717, 1.165) is 25.0 Å². The van der Waals surface area contributed by atoms with Crippen molar-refractivity contribution in [3.8, 4) is 0 Å². The van der Waals surface area contributed by atoms with Gasteiger partial charge in [0, 0.05) is 5.56 Å². The maximum atomic E-state index is 14.1. The fourth-order valence-corrected chi connectivity index (χ4v) is 2.37. The number of aryl methyl sites for hydroxylation is 1. The van der Waals surface area contributed by atoms with Gasteiger partial charge >= 0.3 is 0 Å². The van der Waals surface area contributed by atoms with Crippen molar-refractivity contribution in [3.63, 3.8) is 0 Å². The van der Waals surface area contributed by atoms with E-state index in [9.17, 15) is 22.0 Å². The first-order chi connectivity index (χ1) is 11.4. The second kappa shape index (κ2) is 8.08. The van der Waals surface area contributed by atoms with Crippen LogP contribution in [0.4, 0.5) is 22.0 Å². The maximum Gasteiger partial charge on any atom is 0.194 e. The van der Waals surface area contributed by atoms with Crippen molar-refractivity contribution in [3.05, 3.63) is 76.1 Å². The van der Waals surface area contributed by atoms with E-state index in [1.165, 1.54) is 12.1 Å². The minimum atomic E-state index is -1.56. The Labute approximate surface area is 137 Å². The number of benzene rings is 2. The van der Waals surface area contributed by atoms with E-state index in [-0.39, 0.29) is 24.0 Å². The first kappa shape index (κ1) is 18.2. The van der Waals surface area contributed by atoms with Crippen LogP contribution in [0.15, 0.2) is 30.3 Å². The van der Waals surface area contributed by atoms with Gasteiger partial charge in [0.25, 0.3) is 0 Å². The van der Waals surface area contributed by atoms with Gasteiger partial charge in [-0.1, -0.05) is 25.5 Å². The zero-order chi connectivity index (χ0) is 17.7. The molecule has 2 rings (SSSR count). The Bertz CT molecular complexity index is 703. The number of hydrogen-bond donors (Lipinski definition) is 0. The quantitative estimate of drug-likeness (QED) is 0.448. The van der Waals surface area contributed by atoms with Crippen LogP contribution in [0.25, 0.3) is 6.08 Å². The molecule has 0 heterocycles. The number of allylic oxidation sites excluding steroid dienone is 1. The summed E-state index contributed by atoms with van der Waals surface area (Å²) in [5.41, 5.74) is 0.394. The molecule has 0 fully saturated rings. The van der Waals surface area contributed by atoms with E-state index < -0.39 is 29.1 Å². The van der Waals surface area contributed by atoms with Gasteiger partial charge in [-0.3, -0.25) is 0 Å². The lowest BCUT2D eigenvalue weighted by Crippen LogP contribution is -2.01. The van der Waals surface area contributed by atoms with E-state index in [0.29, 0.717) is 5.56 Å². The van der Waals surface area contributed by atoms with Crippen LogP contribution in [0.5, 0.6) is 0 Å². The summed E-state index contributed by atoms with van der Waals surface area (Å²) in [5.74, 6) is -5.62. The summed E-state index contributed by atoms with van der Waals surface area (Å²) in [6, 6.07) is 4.10. The Morgan fingerprint density at radius 3 is 1.92 bits per heavy atom. The Hall–Kier alpha value is -2.17. The SMILES string of the molecule is CCCC=Cc1cc(F)c(CCc2cc(F)c(F)c(F)c2)c(F)c1. The van der Waals surface area contributed by atoms with Gasteiger partial charge in [0.15, 0.2) is 17.5 Å². The van der Waals surface area contributed by atoms with Crippen LogP contribution in [0, 0.1) is 29.1 Å². The number of halogens is 5. The highest BCUT2D eigenvalue weighted by molar-refractivity contribution is 5.50. The molecular formula is C19H17F5. The Morgan fingerprint density at radius 2 is 1.38 bits per heavy atom. The summed E-state index contributed by atoms with van der Waals surface area (Å²) < 4.78 is 67.3. The smallest absolute Gasteiger partial charge is 0.194 e. The van der Waals surface area contributed by atoms with E-state index in [1.807, 2.05) is 13.0 Å². The van der Waals surface area contributed by atoms with Crippen LogP contribution in [0.3, 0.4) is 0 Å². The number of unbranched alkanes of at least 4 members (excludes halogenated alkanes) is 1. The molecule has 0 amide bonds. The summed E-state index contributed by atoms with van der Waals surface area (Å²) in [6.07, 6.45) is 5.13. The third-order valence-electron chi connectivity index (χ3n) is 3.64. The molecule has 0 atom stereocenters. The third-order valence-corrected chi connectivity index (χ3v) is 3.64. The number of rotatable bonds is 6. The summed E-state index contributed by atoms with van der Waals surface area (Å²) in [7, 11) is 0.